The molecule has 5 nitrogen and oxygen atoms in total. The van der Waals surface area contributed by atoms with E-state index in [9.17, 15) is 9.59 Å². The standard InChI is InChI=1S/C27H27Cl2N3O2/c1-31(18-22-7-4-9-24(28)26(22)29)27(34)30-16-21-6-2-3-8-23(21)20-13-11-19(12-14-20)17-32-15-5-10-25(32)33/h2-4,6-9,11-14H,5,10,15-18H2,1H3,(H,30,34). The minimum atomic E-state index is -0.198. The van der Waals surface area contributed by atoms with E-state index in [4.69, 9.17) is 23.2 Å². The number of carbonyl (C=O) groups excluding carboxylic acids is 2. The summed E-state index contributed by atoms with van der Waals surface area (Å²) in [4.78, 5) is 28.1. The van der Waals surface area contributed by atoms with Crippen LogP contribution in [-0.2, 0) is 24.4 Å². The first-order valence-corrected chi connectivity index (χ1v) is 12.0. The summed E-state index contributed by atoms with van der Waals surface area (Å²) in [5.74, 6) is 0.229. The minimum absolute atomic E-state index is 0.198. The lowest BCUT2D eigenvalue weighted by Crippen LogP contribution is -2.36. The van der Waals surface area contributed by atoms with Gasteiger partial charge in [-0.2, -0.15) is 0 Å². The van der Waals surface area contributed by atoms with Gasteiger partial charge in [-0.1, -0.05) is 83.9 Å². The van der Waals surface area contributed by atoms with Crippen LogP contribution in [0.5, 0.6) is 0 Å². The van der Waals surface area contributed by atoms with Crippen molar-refractivity contribution in [3.63, 3.8) is 0 Å². The molecule has 1 aliphatic heterocycles. The third-order valence-corrected chi connectivity index (χ3v) is 6.90. The smallest absolute Gasteiger partial charge is 0.317 e. The molecule has 176 valence electrons. The molecule has 0 atom stereocenters. The first-order chi connectivity index (χ1) is 16.4. The zero-order valence-electron chi connectivity index (χ0n) is 19.1. The molecule has 0 radical (unpaired) electrons. The zero-order chi connectivity index (χ0) is 24.1. The molecule has 3 amide bonds. The number of rotatable bonds is 7. The number of hydrogen-bond donors (Lipinski definition) is 1. The maximum absolute atomic E-state index is 12.7. The highest BCUT2D eigenvalue weighted by Gasteiger charge is 2.20. The molecular weight excluding hydrogens is 469 g/mol. The normalized spacial score (nSPS) is 13.3. The highest BCUT2D eigenvalue weighted by Crippen LogP contribution is 2.27. The molecule has 1 N–H and O–H groups in total. The molecule has 0 bridgehead atoms. The monoisotopic (exact) mass is 495 g/mol. The lowest BCUT2D eigenvalue weighted by Gasteiger charge is -2.20. The first kappa shape index (κ1) is 24.1. The molecule has 0 aromatic heterocycles. The molecule has 1 saturated heterocycles. The molecule has 1 heterocycles. The Morgan fingerprint density at radius 3 is 2.47 bits per heavy atom. The maximum atomic E-state index is 12.7. The highest BCUT2D eigenvalue weighted by atomic mass is 35.5. The number of halogens is 2. The van der Waals surface area contributed by atoms with Gasteiger partial charge in [-0.25, -0.2) is 4.79 Å². The Morgan fingerprint density at radius 1 is 1.00 bits per heavy atom. The van der Waals surface area contributed by atoms with Crippen LogP contribution in [0.4, 0.5) is 4.79 Å². The van der Waals surface area contributed by atoms with E-state index in [2.05, 4.69) is 35.6 Å². The summed E-state index contributed by atoms with van der Waals surface area (Å²) in [6.07, 6.45) is 1.59. The predicted octanol–water partition coefficient (Wildman–Crippen LogP) is 6.12. The van der Waals surface area contributed by atoms with Crippen molar-refractivity contribution in [1.29, 1.82) is 0 Å². The Hall–Kier alpha value is -3.02. The molecule has 7 heteroatoms. The molecular formula is C27H27Cl2N3O2. The van der Waals surface area contributed by atoms with E-state index in [0.29, 0.717) is 36.1 Å². The lowest BCUT2D eigenvalue weighted by atomic mass is 9.98. The highest BCUT2D eigenvalue weighted by molar-refractivity contribution is 6.42. The van der Waals surface area contributed by atoms with Crippen molar-refractivity contribution in [2.75, 3.05) is 13.6 Å². The zero-order valence-corrected chi connectivity index (χ0v) is 20.6. The van der Waals surface area contributed by atoms with E-state index >= 15 is 0 Å². The van der Waals surface area contributed by atoms with Gasteiger partial charge in [-0.05, 0) is 40.3 Å². The molecule has 1 aliphatic rings. The van der Waals surface area contributed by atoms with E-state index in [1.807, 2.05) is 35.2 Å². The number of urea groups is 1. The van der Waals surface area contributed by atoms with E-state index in [0.717, 1.165) is 40.8 Å². The van der Waals surface area contributed by atoms with Gasteiger partial charge in [0.15, 0.2) is 0 Å². The summed E-state index contributed by atoms with van der Waals surface area (Å²) in [6, 6.07) is 21.5. The molecule has 0 aliphatic carbocycles. The van der Waals surface area contributed by atoms with Gasteiger partial charge in [-0.15, -0.1) is 0 Å². The number of benzene rings is 3. The van der Waals surface area contributed by atoms with Crippen LogP contribution in [0.15, 0.2) is 66.7 Å². The predicted molar refractivity (Wildman–Crippen MR) is 137 cm³/mol. The van der Waals surface area contributed by atoms with Gasteiger partial charge in [0, 0.05) is 39.6 Å². The molecule has 4 rings (SSSR count). The fourth-order valence-corrected chi connectivity index (χ4v) is 4.52. The third-order valence-electron chi connectivity index (χ3n) is 6.04. The third kappa shape index (κ3) is 5.72. The summed E-state index contributed by atoms with van der Waals surface area (Å²) in [5, 5.41) is 3.93. The van der Waals surface area contributed by atoms with Crippen molar-refractivity contribution in [2.24, 2.45) is 0 Å². The largest absolute Gasteiger partial charge is 0.338 e. The van der Waals surface area contributed by atoms with Gasteiger partial charge < -0.3 is 15.1 Å². The van der Waals surface area contributed by atoms with E-state index < -0.39 is 0 Å². The van der Waals surface area contributed by atoms with Crippen molar-refractivity contribution in [3.05, 3.63) is 93.5 Å². The molecule has 3 aromatic carbocycles. The van der Waals surface area contributed by atoms with Crippen LogP contribution in [-0.4, -0.2) is 35.3 Å². The number of nitrogens with zero attached hydrogens (tertiary/aromatic N) is 2. The second kappa shape index (κ2) is 10.9. The average molecular weight is 496 g/mol. The number of likely N-dealkylation sites (tertiary alicyclic amines) is 1. The number of amides is 3. The molecule has 1 fully saturated rings. The van der Waals surface area contributed by atoms with Crippen molar-refractivity contribution < 1.29 is 9.59 Å². The van der Waals surface area contributed by atoms with Crippen molar-refractivity contribution in [3.8, 4) is 11.1 Å². The summed E-state index contributed by atoms with van der Waals surface area (Å²) in [5.41, 5.74) is 5.06. The topological polar surface area (TPSA) is 52.7 Å². The Kier molecular flexibility index (Phi) is 7.76. The molecule has 0 unspecified atom stereocenters. The number of nitrogens with one attached hydrogen (secondary N) is 1. The van der Waals surface area contributed by atoms with Crippen LogP contribution in [0, 0.1) is 0 Å². The number of carbonyl (C=O) groups is 2. The summed E-state index contributed by atoms with van der Waals surface area (Å²) >= 11 is 12.3. The van der Waals surface area contributed by atoms with Crippen LogP contribution < -0.4 is 5.32 Å². The molecule has 3 aromatic rings. The minimum Gasteiger partial charge on any atom is -0.338 e. The second-order valence-electron chi connectivity index (χ2n) is 8.50. The van der Waals surface area contributed by atoms with Gasteiger partial charge in [0.25, 0.3) is 0 Å². The van der Waals surface area contributed by atoms with Crippen molar-refractivity contribution >= 4 is 35.1 Å². The SMILES string of the molecule is CN(Cc1cccc(Cl)c1Cl)C(=O)NCc1ccccc1-c1ccc(CN2CCCC2=O)cc1. The summed E-state index contributed by atoms with van der Waals surface area (Å²) in [6.45, 7) is 2.24. The Balaban J connectivity index is 1.39. The first-order valence-electron chi connectivity index (χ1n) is 11.3. The second-order valence-corrected chi connectivity index (χ2v) is 9.29. The molecule has 0 saturated carbocycles. The summed E-state index contributed by atoms with van der Waals surface area (Å²) < 4.78 is 0. The van der Waals surface area contributed by atoms with Crippen molar-refractivity contribution in [2.45, 2.75) is 32.5 Å². The fraction of sp³-hybridized carbons (Fsp3) is 0.259. The van der Waals surface area contributed by atoms with Gasteiger partial charge >= 0.3 is 6.03 Å². The fourth-order valence-electron chi connectivity index (χ4n) is 4.14. The number of hydrogen-bond acceptors (Lipinski definition) is 2. The lowest BCUT2D eigenvalue weighted by molar-refractivity contribution is -0.128. The molecule has 34 heavy (non-hydrogen) atoms. The Bertz CT molecular complexity index is 1180. The summed E-state index contributed by atoms with van der Waals surface area (Å²) in [7, 11) is 1.72. The van der Waals surface area contributed by atoms with Crippen LogP contribution in [0.25, 0.3) is 11.1 Å². The van der Waals surface area contributed by atoms with Crippen molar-refractivity contribution in [1.82, 2.24) is 15.1 Å². The van der Waals surface area contributed by atoms with Crippen LogP contribution in [0.2, 0.25) is 10.0 Å². The molecule has 0 spiro atoms. The van der Waals surface area contributed by atoms with Gasteiger partial charge in [0.2, 0.25) is 5.91 Å². The Morgan fingerprint density at radius 2 is 1.74 bits per heavy atom. The average Bonchev–Trinajstić information content (AvgIpc) is 3.25. The van der Waals surface area contributed by atoms with Crippen LogP contribution in [0.3, 0.4) is 0 Å². The van der Waals surface area contributed by atoms with Crippen LogP contribution in [0.1, 0.15) is 29.5 Å². The van der Waals surface area contributed by atoms with Gasteiger partial charge in [0.1, 0.15) is 0 Å². The van der Waals surface area contributed by atoms with E-state index in [-0.39, 0.29) is 11.9 Å². The Labute approximate surface area is 210 Å². The maximum Gasteiger partial charge on any atom is 0.317 e. The van der Waals surface area contributed by atoms with Crippen LogP contribution >= 0.6 is 23.2 Å². The van der Waals surface area contributed by atoms with Gasteiger partial charge in [-0.3, -0.25) is 4.79 Å². The quantitative estimate of drug-likeness (QED) is 0.428. The van der Waals surface area contributed by atoms with E-state index in [1.54, 1.807) is 18.0 Å². The van der Waals surface area contributed by atoms with Gasteiger partial charge in [0.05, 0.1) is 10.0 Å². The van der Waals surface area contributed by atoms with E-state index in [1.165, 1.54) is 0 Å².